The van der Waals surface area contributed by atoms with Crippen LogP contribution in [0.25, 0.3) is 0 Å². The van der Waals surface area contributed by atoms with Crippen LogP contribution in [0.5, 0.6) is 5.75 Å². The molecule has 3 nitrogen and oxygen atoms in total. The first-order valence-corrected chi connectivity index (χ1v) is 9.26. The van der Waals surface area contributed by atoms with Gasteiger partial charge >= 0.3 is 0 Å². The van der Waals surface area contributed by atoms with Crippen LogP contribution in [0.1, 0.15) is 69.8 Å². The average Bonchev–Trinajstić information content (AvgIpc) is 2.53. The lowest BCUT2D eigenvalue weighted by atomic mass is 9.77. The lowest BCUT2D eigenvalue weighted by molar-refractivity contribution is 0.143. The third kappa shape index (κ3) is 4.66. The fourth-order valence-electron chi connectivity index (χ4n) is 3.11. The van der Waals surface area contributed by atoms with Gasteiger partial charge in [-0.1, -0.05) is 77.9 Å². The highest BCUT2D eigenvalue weighted by atomic mass is 16.3. The Morgan fingerprint density at radius 3 is 2.00 bits per heavy atom. The highest BCUT2D eigenvalue weighted by molar-refractivity contribution is 5.50. The minimum Gasteiger partial charge on any atom is -0.507 e. The van der Waals surface area contributed by atoms with E-state index in [2.05, 4.69) is 47.6 Å². The van der Waals surface area contributed by atoms with Gasteiger partial charge in [-0.25, -0.2) is 0 Å². The van der Waals surface area contributed by atoms with Crippen LogP contribution in [0.2, 0.25) is 0 Å². The normalized spacial score (nSPS) is 14.9. The van der Waals surface area contributed by atoms with E-state index in [0.29, 0.717) is 12.0 Å². The van der Waals surface area contributed by atoms with E-state index in [0.717, 1.165) is 16.7 Å². The lowest BCUT2D eigenvalue weighted by Gasteiger charge is -2.30. The number of aliphatic hydroxyl groups excluding tert-OH is 1. The van der Waals surface area contributed by atoms with E-state index in [9.17, 15) is 10.2 Å². The minimum absolute atomic E-state index is 0.0768. The Kier molecular flexibility index (Phi) is 5.84. The van der Waals surface area contributed by atoms with E-state index in [4.69, 9.17) is 5.73 Å². The largest absolute Gasteiger partial charge is 0.507 e. The molecular weight excluding hydrogens is 322 g/mol. The molecule has 0 bridgehead atoms. The average molecular weight is 356 g/mol. The first-order valence-electron chi connectivity index (χ1n) is 9.26. The van der Waals surface area contributed by atoms with Gasteiger partial charge in [-0.2, -0.15) is 0 Å². The van der Waals surface area contributed by atoms with Crippen molar-refractivity contribution in [3.8, 4) is 5.75 Å². The summed E-state index contributed by atoms with van der Waals surface area (Å²) in [6.45, 7) is 12.6. The van der Waals surface area contributed by atoms with Crippen molar-refractivity contribution in [2.45, 2.75) is 70.9 Å². The second-order valence-corrected chi connectivity index (χ2v) is 9.24. The van der Waals surface area contributed by atoms with Gasteiger partial charge in [0.05, 0.1) is 12.1 Å². The molecule has 0 fully saturated rings. The molecule has 0 saturated heterocycles. The van der Waals surface area contributed by atoms with Gasteiger partial charge < -0.3 is 15.9 Å². The van der Waals surface area contributed by atoms with Gasteiger partial charge in [0.25, 0.3) is 0 Å². The maximum atomic E-state index is 10.9. The highest BCUT2D eigenvalue weighted by Crippen LogP contribution is 2.40. The molecule has 2 rings (SSSR count). The molecule has 0 spiro atoms. The zero-order valence-electron chi connectivity index (χ0n) is 16.9. The molecule has 142 valence electrons. The summed E-state index contributed by atoms with van der Waals surface area (Å²) in [5.41, 5.74) is 9.72. The quantitative estimate of drug-likeness (QED) is 0.751. The number of hydrogen-bond acceptors (Lipinski definition) is 3. The summed E-state index contributed by atoms with van der Waals surface area (Å²) < 4.78 is 0. The number of benzene rings is 2. The molecule has 0 aromatic heterocycles. The lowest BCUT2D eigenvalue weighted by Crippen LogP contribution is -2.29. The van der Waals surface area contributed by atoms with Crippen molar-refractivity contribution < 1.29 is 10.2 Å². The molecule has 0 aliphatic rings. The van der Waals surface area contributed by atoms with Gasteiger partial charge in [-0.15, -0.1) is 0 Å². The SMILES string of the molecule is CC(C)(C)c1cc([C@@H](N)[C@@H](O)Cc2ccccc2)c(O)c(C(C)(C)C)c1. The van der Waals surface area contributed by atoms with E-state index < -0.39 is 12.1 Å². The summed E-state index contributed by atoms with van der Waals surface area (Å²) in [6.07, 6.45) is -0.321. The van der Waals surface area contributed by atoms with Crippen LogP contribution in [-0.4, -0.2) is 16.3 Å². The Morgan fingerprint density at radius 2 is 1.50 bits per heavy atom. The molecule has 0 aliphatic carbocycles. The molecule has 0 aliphatic heterocycles. The summed E-state index contributed by atoms with van der Waals surface area (Å²) in [7, 11) is 0. The Labute approximate surface area is 157 Å². The predicted octanol–water partition coefficient (Wildman–Crippen LogP) is 4.59. The van der Waals surface area contributed by atoms with Gasteiger partial charge in [0.15, 0.2) is 0 Å². The molecule has 0 saturated carbocycles. The zero-order chi connectivity index (χ0) is 19.7. The minimum atomic E-state index is -0.772. The summed E-state index contributed by atoms with van der Waals surface area (Å²) in [4.78, 5) is 0. The van der Waals surface area contributed by atoms with Crippen molar-refractivity contribution in [3.05, 3.63) is 64.7 Å². The Hall–Kier alpha value is -1.84. The van der Waals surface area contributed by atoms with Crippen LogP contribution in [0.4, 0.5) is 0 Å². The van der Waals surface area contributed by atoms with Crippen LogP contribution in [0.15, 0.2) is 42.5 Å². The van der Waals surface area contributed by atoms with Gasteiger partial charge in [0.1, 0.15) is 5.75 Å². The Balaban J connectivity index is 2.46. The smallest absolute Gasteiger partial charge is 0.124 e. The Bertz CT molecular complexity index is 739. The second kappa shape index (κ2) is 7.42. The third-order valence-corrected chi connectivity index (χ3v) is 4.87. The van der Waals surface area contributed by atoms with Crippen molar-refractivity contribution in [1.29, 1.82) is 0 Å². The fraction of sp³-hybridized carbons (Fsp3) is 0.478. The van der Waals surface area contributed by atoms with Crippen molar-refractivity contribution in [3.63, 3.8) is 0 Å². The van der Waals surface area contributed by atoms with E-state index in [1.54, 1.807) is 0 Å². The first-order chi connectivity index (χ1) is 11.9. The first kappa shape index (κ1) is 20.5. The molecule has 0 heterocycles. The maximum absolute atomic E-state index is 10.9. The maximum Gasteiger partial charge on any atom is 0.124 e. The molecule has 2 aromatic carbocycles. The van der Waals surface area contributed by atoms with Crippen LogP contribution >= 0.6 is 0 Å². The summed E-state index contributed by atoms with van der Waals surface area (Å²) in [6, 6.07) is 13.2. The number of aromatic hydroxyl groups is 1. The van der Waals surface area contributed by atoms with Crippen LogP contribution in [0.3, 0.4) is 0 Å². The summed E-state index contributed by atoms with van der Waals surface area (Å²) in [5, 5.41) is 21.6. The van der Waals surface area contributed by atoms with Crippen LogP contribution in [-0.2, 0) is 17.3 Å². The highest BCUT2D eigenvalue weighted by Gasteiger charge is 2.29. The van der Waals surface area contributed by atoms with E-state index in [-0.39, 0.29) is 16.6 Å². The van der Waals surface area contributed by atoms with Gasteiger partial charge in [0, 0.05) is 12.0 Å². The molecule has 2 atom stereocenters. The molecule has 0 amide bonds. The topological polar surface area (TPSA) is 66.5 Å². The molecular formula is C23H33NO2. The molecule has 4 N–H and O–H groups in total. The van der Waals surface area contributed by atoms with E-state index >= 15 is 0 Å². The second-order valence-electron chi connectivity index (χ2n) is 9.24. The Morgan fingerprint density at radius 1 is 0.923 bits per heavy atom. The standard InChI is InChI=1S/C23H33NO2/c1-22(2,3)16-13-17(21(26)18(14-16)23(4,5)6)20(24)19(25)12-15-10-8-7-9-11-15/h7-11,13-14,19-20,25-26H,12,24H2,1-6H3/t19-,20+/m0/s1. The number of rotatable bonds is 4. The number of aliphatic hydroxyl groups is 1. The van der Waals surface area contributed by atoms with Crippen molar-refractivity contribution >= 4 is 0 Å². The molecule has 0 radical (unpaired) electrons. The number of hydrogen-bond donors (Lipinski definition) is 3. The predicted molar refractivity (Wildman–Crippen MR) is 109 cm³/mol. The van der Waals surface area contributed by atoms with Crippen molar-refractivity contribution in [1.82, 2.24) is 0 Å². The van der Waals surface area contributed by atoms with Crippen molar-refractivity contribution in [2.75, 3.05) is 0 Å². The summed E-state index contributed by atoms with van der Waals surface area (Å²) in [5.74, 6) is 0.199. The van der Waals surface area contributed by atoms with Gasteiger partial charge in [-0.05, 0) is 33.6 Å². The van der Waals surface area contributed by atoms with E-state index in [1.807, 2.05) is 36.4 Å². The van der Waals surface area contributed by atoms with Crippen molar-refractivity contribution in [2.24, 2.45) is 5.73 Å². The number of phenolic OH excluding ortho intramolecular Hbond substituents is 1. The molecule has 26 heavy (non-hydrogen) atoms. The van der Waals surface area contributed by atoms with E-state index in [1.165, 1.54) is 0 Å². The number of phenols is 1. The number of nitrogens with two attached hydrogens (primary N) is 1. The van der Waals surface area contributed by atoms with Gasteiger partial charge in [-0.3, -0.25) is 0 Å². The zero-order valence-corrected chi connectivity index (χ0v) is 16.9. The summed E-state index contributed by atoms with van der Waals surface area (Å²) >= 11 is 0. The third-order valence-electron chi connectivity index (χ3n) is 4.87. The van der Waals surface area contributed by atoms with Gasteiger partial charge in [0.2, 0.25) is 0 Å². The molecule has 3 heteroatoms. The monoisotopic (exact) mass is 355 g/mol. The molecule has 0 unspecified atom stereocenters. The van der Waals surface area contributed by atoms with Crippen LogP contribution < -0.4 is 5.73 Å². The molecule has 2 aromatic rings. The fourth-order valence-corrected chi connectivity index (χ4v) is 3.11. The van der Waals surface area contributed by atoms with Crippen LogP contribution in [0, 0.1) is 0 Å².